The molecular weight excluding hydrogens is 327 g/mol. The van der Waals surface area contributed by atoms with Gasteiger partial charge in [-0.3, -0.25) is 9.59 Å². The van der Waals surface area contributed by atoms with Gasteiger partial charge in [0.05, 0.1) is 10.0 Å². The minimum Gasteiger partial charge on any atom is -0.330 e. The third-order valence-corrected chi connectivity index (χ3v) is 3.33. The largest absolute Gasteiger partial charge is 0.330 e. The second-order valence-corrected chi connectivity index (χ2v) is 5.04. The SMILES string of the molecule is N#C/C(=C/N(C=O)CCCN)C(=O)Nc1ccc(Cl)c(Cl)c1. The maximum Gasteiger partial charge on any atom is 0.267 e. The summed E-state index contributed by atoms with van der Waals surface area (Å²) < 4.78 is 0. The van der Waals surface area contributed by atoms with Crippen molar-refractivity contribution in [2.75, 3.05) is 18.4 Å². The lowest BCUT2D eigenvalue weighted by Gasteiger charge is -2.12. The van der Waals surface area contributed by atoms with E-state index in [9.17, 15) is 9.59 Å². The molecule has 0 atom stereocenters. The molecule has 0 bridgehead atoms. The lowest BCUT2D eigenvalue weighted by molar-refractivity contribution is -0.116. The number of carbonyl (C=O) groups excluding carboxylic acids is 2. The number of nitriles is 1. The van der Waals surface area contributed by atoms with Gasteiger partial charge < -0.3 is 16.0 Å². The van der Waals surface area contributed by atoms with E-state index < -0.39 is 5.91 Å². The molecule has 0 aliphatic heterocycles. The fourth-order valence-corrected chi connectivity index (χ4v) is 1.80. The molecule has 0 aliphatic carbocycles. The molecule has 8 heteroatoms. The molecule has 1 aromatic carbocycles. The zero-order valence-corrected chi connectivity index (χ0v) is 13.1. The van der Waals surface area contributed by atoms with Crippen molar-refractivity contribution >= 4 is 41.2 Å². The first-order chi connectivity index (χ1) is 10.5. The van der Waals surface area contributed by atoms with Crippen molar-refractivity contribution in [2.24, 2.45) is 5.73 Å². The van der Waals surface area contributed by atoms with Gasteiger partial charge in [-0.2, -0.15) is 5.26 Å². The highest BCUT2D eigenvalue weighted by Crippen LogP contribution is 2.25. The first-order valence-electron chi connectivity index (χ1n) is 6.31. The normalized spacial score (nSPS) is 10.7. The lowest BCUT2D eigenvalue weighted by Crippen LogP contribution is -2.22. The molecule has 1 rings (SSSR count). The fourth-order valence-electron chi connectivity index (χ4n) is 1.50. The number of benzene rings is 1. The van der Waals surface area contributed by atoms with Crippen LogP contribution in [-0.2, 0) is 9.59 Å². The second-order valence-electron chi connectivity index (χ2n) is 4.22. The van der Waals surface area contributed by atoms with E-state index in [1.807, 2.05) is 0 Å². The second kappa shape index (κ2) is 9.05. The van der Waals surface area contributed by atoms with Gasteiger partial charge in [-0.15, -0.1) is 0 Å². The van der Waals surface area contributed by atoms with Crippen LogP contribution in [0.25, 0.3) is 0 Å². The Hall–Kier alpha value is -2.07. The molecule has 0 radical (unpaired) electrons. The highest BCUT2D eigenvalue weighted by molar-refractivity contribution is 6.42. The number of nitrogens with two attached hydrogens (primary N) is 1. The van der Waals surface area contributed by atoms with E-state index >= 15 is 0 Å². The fraction of sp³-hybridized carbons (Fsp3) is 0.214. The van der Waals surface area contributed by atoms with Crippen LogP contribution < -0.4 is 11.1 Å². The first-order valence-corrected chi connectivity index (χ1v) is 7.06. The van der Waals surface area contributed by atoms with Crippen LogP contribution in [0.4, 0.5) is 5.69 Å². The zero-order valence-electron chi connectivity index (χ0n) is 11.6. The van der Waals surface area contributed by atoms with Gasteiger partial charge in [0.25, 0.3) is 5.91 Å². The molecule has 0 aromatic heterocycles. The average Bonchev–Trinajstić information content (AvgIpc) is 2.51. The quantitative estimate of drug-likeness (QED) is 0.451. The number of hydrogen-bond acceptors (Lipinski definition) is 4. The highest BCUT2D eigenvalue weighted by Gasteiger charge is 2.12. The number of carbonyl (C=O) groups is 2. The standard InChI is InChI=1S/C14H14Cl2N4O2/c15-12-3-2-11(6-13(12)16)19-14(22)10(7-18)8-20(9-21)5-1-4-17/h2-3,6,8-9H,1,4-5,17H2,(H,19,22)/b10-8-. The van der Waals surface area contributed by atoms with E-state index in [0.717, 1.165) is 0 Å². The molecule has 0 spiro atoms. The number of rotatable bonds is 7. The summed E-state index contributed by atoms with van der Waals surface area (Å²) in [6.07, 6.45) is 2.26. The van der Waals surface area contributed by atoms with Crippen LogP contribution in [0.3, 0.4) is 0 Å². The molecule has 2 amide bonds. The van der Waals surface area contributed by atoms with Crippen LogP contribution in [0.5, 0.6) is 0 Å². The summed E-state index contributed by atoms with van der Waals surface area (Å²) in [7, 11) is 0. The van der Waals surface area contributed by atoms with Crippen molar-refractivity contribution in [3.63, 3.8) is 0 Å². The van der Waals surface area contributed by atoms with E-state index in [0.29, 0.717) is 36.6 Å². The first kappa shape index (κ1) is 18.0. The number of nitrogens with zero attached hydrogens (tertiary/aromatic N) is 2. The van der Waals surface area contributed by atoms with E-state index in [1.165, 1.54) is 23.2 Å². The van der Waals surface area contributed by atoms with Crippen LogP contribution in [0, 0.1) is 11.3 Å². The Morgan fingerprint density at radius 3 is 2.68 bits per heavy atom. The number of amides is 2. The van der Waals surface area contributed by atoms with Crippen molar-refractivity contribution < 1.29 is 9.59 Å². The maximum atomic E-state index is 12.0. The van der Waals surface area contributed by atoms with Crippen molar-refractivity contribution in [3.8, 4) is 6.07 Å². The Morgan fingerprint density at radius 1 is 1.41 bits per heavy atom. The average molecular weight is 341 g/mol. The summed E-state index contributed by atoms with van der Waals surface area (Å²) in [4.78, 5) is 24.1. The van der Waals surface area contributed by atoms with Gasteiger partial charge in [0.15, 0.2) is 0 Å². The van der Waals surface area contributed by atoms with Crippen LogP contribution in [-0.4, -0.2) is 30.3 Å². The number of hydrogen-bond donors (Lipinski definition) is 2. The van der Waals surface area contributed by atoms with E-state index in [4.69, 9.17) is 34.2 Å². The third-order valence-electron chi connectivity index (χ3n) is 2.59. The topological polar surface area (TPSA) is 99.2 Å². The summed E-state index contributed by atoms with van der Waals surface area (Å²) in [6.45, 7) is 0.723. The van der Waals surface area contributed by atoms with Crippen LogP contribution in [0.15, 0.2) is 30.0 Å². The van der Waals surface area contributed by atoms with Gasteiger partial charge in [0.1, 0.15) is 11.6 Å². The summed E-state index contributed by atoms with van der Waals surface area (Å²) in [5.74, 6) is -0.652. The Balaban J connectivity index is 2.85. The Morgan fingerprint density at radius 2 is 2.14 bits per heavy atom. The van der Waals surface area contributed by atoms with Crippen LogP contribution in [0.1, 0.15) is 6.42 Å². The maximum absolute atomic E-state index is 12.0. The molecule has 22 heavy (non-hydrogen) atoms. The molecule has 0 saturated carbocycles. The predicted octanol–water partition coefficient (Wildman–Crippen LogP) is 2.15. The number of nitrogens with one attached hydrogen (secondary N) is 1. The molecule has 0 fully saturated rings. The van der Waals surface area contributed by atoms with Crippen LogP contribution >= 0.6 is 23.2 Å². The van der Waals surface area contributed by atoms with E-state index in [2.05, 4.69) is 5.32 Å². The van der Waals surface area contributed by atoms with Crippen LogP contribution in [0.2, 0.25) is 10.0 Å². The molecule has 3 N–H and O–H groups in total. The van der Waals surface area contributed by atoms with Crippen molar-refractivity contribution in [1.82, 2.24) is 4.90 Å². The minimum atomic E-state index is -0.652. The minimum absolute atomic E-state index is 0.213. The van der Waals surface area contributed by atoms with Gasteiger partial charge in [-0.25, -0.2) is 0 Å². The monoisotopic (exact) mass is 340 g/mol. The molecule has 0 heterocycles. The van der Waals surface area contributed by atoms with Gasteiger partial charge in [0.2, 0.25) is 6.41 Å². The smallest absolute Gasteiger partial charge is 0.267 e. The Bertz CT molecular complexity index is 626. The van der Waals surface area contributed by atoms with E-state index in [1.54, 1.807) is 12.1 Å². The molecule has 0 unspecified atom stereocenters. The van der Waals surface area contributed by atoms with Gasteiger partial charge in [-0.05, 0) is 31.2 Å². The molecule has 0 aliphatic rings. The molecular formula is C14H14Cl2N4O2. The predicted molar refractivity (Wildman–Crippen MR) is 85.2 cm³/mol. The van der Waals surface area contributed by atoms with Gasteiger partial charge in [-0.1, -0.05) is 23.2 Å². The third kappa shape index (κ3) is 5.37. The number of halogens is 2. The molecule has 1 aromatic rings. The summed E-state index contributed by atoms with van der Waals surface area (Å²) >= 11 is 11.6. The van der Waals surface area contributed by atoms with Crippen molar-refractivity contribution in [3.05, 3.63) is 40.0 Å². The highest BCUT2D eigenvalue weighted by atomic mass is 35.5. The van der Waals surface area contributed by atoms with Gasteiger partial charge >= 0.3 is 0 Å². The number of anilines is 1. The van der Waals surface area contributed by atoms with Gasteiger partial charge in [0, 0.05) is 18.4 Å². The Labute approximate surface area is 138 Å². The van der Waals surface area contributed by atoms with Crippen molar-refractivity contribution in [2.45, 2.75) is 6.42 Å². The molecule has 116 valence electrons. The van der Waals surface area contributed by atoms with Crippen molar-refractivity contribution in [1.29, 1.82) is 5.26 Å². The molecule has 6 nitrogen and oxygen atoms in total. The zero-order chi connectivity index (χ0) is 16.5. The summed E-state index contributed by atoms with van der Waals surface area (Å²) in [5.41, 5.74) is 5.53. The lowest BCUT2D eigenvalue weighted by atomic mass is 10.2. The molecule has 0 saturated heterocycles. The Kier molecular flexibility index (Phi) is 7.40. The summed E-state index contributed by atoms with van der Waals surface area (Å²) in [6, 6.07) is 6.28. The summed E-state index contributed by atoms with van der Waals surface area (Å²) in [5, 5.41) is 12.2. The van der Waals surface area contributed by atoms with E-state index in [-0.39, 0.29) is 10.6 Å².